The number of hydrogen-bond acceptors (Lipinski definition) is 2. The quantitative estimate of drug-likeness (QED) is 0.870. The summed E-state index contributed by atoms with van der Waals surface area (Å²) in [7, 11) is 0. The van der Waals surface area contributed by atoms with Crippen molar-refractivity contribution in [3.8, 4) is 0 Å². The van der Waals surface area contributed by atoms with E-state index in [1.54, 1.807) is 0 Å². The van der Waals surface area contributed by atoms with Gasteiger partial charge in [-0.15, -0.1) is 0 Å². The molecule has 2 rings (SSSR count). The Morgan fingerprint density at radius 3 is 2.84 bits per heavy atom. The number of benzene rings is 1. The summed E-state index contributed by atoms with van der Waals surface area (Å²) in [6.45, 7) is 2.37. The van der Waals surface area contributed by atoms with Gasteiger partial charge in [0.15, 0.2) is 0 Å². The molecule has 1 amide bonds. The van der Waals surface area contributed by atoms with Gasteiger partial charge in [-0.3, -0.25) is 4.79 Å². The summed E-state index contributed by atoms with van der Waals surface area (Å²) in [5.74, 6) is 0.0411. The third-order valence-corrected chi connectivity index (χ3v) is 3.87. The predicted molar refractivity (Wildman–Crippen MR) is 78.3 cm³/mol. The van der Waals surface area contributed by atoms with Crippen molar-refractivity contribution in [3.05, 3.63) is 34.9 Å². The smallest absolute Gasteiger partial charge is 0.234 e. The van der Waals surface area contributed by atoms with Gasteiger partial charge in [0, 0.05) is 11.1 Å². The minimum absolute atomic E-state index is 0.0171. The van der Waals surface area contributed by atoms with Crippen molar-refractivity contribution >= 4 is 17.5 Å². The molecule has 1 saturated carbocycles. The number of hydrogen-bond donors (Lipinski definition) is 2. The van der Waals surface area contributed by atoms with Crippen LogP contribution >= 0.6 is 11.6 Å². The first-order valence-electron chi connectivity index (χ1n) is 6.93. The molecular formula is C15H21ClN2O. The molecule has 2 N–H and O–H groups in total. The van der Waals surface area contributed by atoms with Crippen LogP contribution in [0, 0.1) is 0 Å². The summed E-state index contributed by atoms with van der Waals surface area (Å²) in [6.07, 6.45) is 4.94. The van der Waals surface area contributed by atoms with Crippen molar-refractivity contribution in [2.75, 3.05) is 6.54 Å². The fourth-order valence-corrected chi connectivity index (χ4v) is 2.72. The van der Waals surface area contributed by atoms with Crippen LogP contribution < -0.4 is 10.6 Å². The van der Waals surface area contributed by atoms with Crippen LogP contribution in [-0.4, -0.2) is 18.5 Å². The maximum Gasteiger partial charge on any atom is 0.234 e. The van der Waals surface area contributed by atoms with Crippen molar-refractivity contribution in [2.24, 2.45) is 0 Å². The molecule has 1 aromatic rings. The minimum atomic E-state index is -0.0171. The Balaban J connectivity index is 1.77. The zero-order valence-corrected chi connectivity index (χ0v) is 12.0. The normalized spacial score (nSPS) is 17.4. The van der Waals surface area contributed by atoms with Crippen molar-refractivity contribution in [3.63, 3.8) is 0 Å². The van der Waals surface area contributed by atoms with Gasteiger partial charge in [0.25, 0.3) is 0 Å². The van der Waals surface area contributed by atoms with Gasteiger partial charge in [0.1, 0.15) is 0 Å². The lowest BCUT2D eigenvalue weighted by atomic mass is 10.1. The average molecular weight is 281 g/mol. The van der Waals surface area contributed by atoms with Crippen molar-refractivity contribution in [1.29, 1.82) is 0 Å². The Morgan fingerprint density at radius 1 is 1.42 bits per heavy atom. The van der Waals surface area contributed by atoms with Gasteiger partial charge in [-0.1, -0.05) is 36.6 Å². The third-order valence-electron chi connectivity index (χ3n) is 3.63. The maximum atomic E-state index is 11.9. The van der Waals surface area contributed by atoms with Crippen LogP contribution in [-0.2, 0) is 4.79 Å². The Labute approximate surface area is 119 Å². The highest BCUT2D eigenvalue weighted by Gasteiger charge is 2.16. The van der Waals surface area contributed by atoms with Crippen LogP contribution in [0.5, 0.6) is 0 Å². The van der Waals surface area contributed by atoms with E-state index in [0.717, 1.165) is 5.56 Å². The highest BCUT2D eigenvalue weighted by molar-refractivity contribution is 6.30. The van der Waals surface area contributed by atoms with Gasteiger partial charge in [-0.25, -0.2) is 0 Å². The molecule has 1 atom stereocenters. The fraction of sp³-hybridized carbons (Fsp3) is 0.533. The van der Waals surface area contributed by atoms with Crippen molar-refractivity contribution in [1.82, 2.24) is 10.6 Å². The lowest BCUT2D eigenvalue weighted by molar-refractivity contribution is -0.121. The predicted octanol–water partition coefficient (Wildman–Crippen LogP) is 3.05. The Kier molecular flexibility index (Phi) is 5.23. The molecule has 0 spiro atoms. The molecule has 0 unspecified atom stereocenters. The van der Waals surface area contributed by atoms with Gasteiger partial charge >= 0.3 is 0 Å². The molecule has 1 fully saturated rings. The van der Waals surface area contributed by atoms with E-state index in [9.17, 15) is 4.79 Å². The summed E-state index contributed by atoms with van der Waals surface area (Å²) < 4.78 is 0. The zero-order valence-electron chi connectivity index (χ0n) is 11.3. The van der Waals surface area contributed by atoms with E-state index in [0.29, 0.717) is 17.6 Å². The first kappa shape index (κ1) is 14.4. The van der Waals surface area contributed by atoms with Gasteiger partial charge in [0.05, 0.1) is 12.6 Å². The molecule has 0 radical (unpaired) electrons. The van der Waals surface area contributed by atoms with E-state index in [-0.39, 0.29) is 11.9 Å². The Morgan fingerprint density at radius 2 is 2.16 bits per heavy atom. The molecule has 1 aliphatic carbocycles. The van der Waals surface area contributed by atoms with E-state index in [4.69, 9.17) is 11.6 Å². The van der Waals surface area contributed by atoms with Crippen LogP contribution in [0.15, 0.2) is 24.3 Å². The van der Waals surface area contributed by atoms with E-state index < -0.39 is 0 Å². The fourth-order valence-electron chi connectivity index (χ4n) is 2.52. The lowest BCUT2D eigenvalue weighted by Crippen LogP contribution is -2.39. The third kappa shape index (κ3) is 4.51. The first-order chi connectivity index (χ1) is 9.15. The summed E-state index contributed by atoms with van der Waals surface area (Å²) in [6, 6.07) is 8.10. The Bertz CT molecular complexity index is 430. The number of halogens is 1. The average Bonchev–Trinajstić information content (AvgIpc) is 2.89. The highest BCUT2D eigenvalue weighted by atomic mass is 35.5. The molecule has 1 aromatic carbocycles. The summed E-state index contributed by atoms with van der Waals surface area (Å²) in [4.78, 5) is 11.9. The van der Waals surface area contributed by atoms with Gasteiger partial charge in [-0.05, 0) is 37.5 Å². The standard InChI is InChI=1S/C15H21ClN2O/c1-11(12-5-4-6-13(16)9-12)18-15(19)10-17-14-7-2-3-8-14/h4-6,9,11,14,17H,2-3,7-8,10H2,1H3,(H,18,19)/t11-/m1/s1. The summed E-state index contributed by atoms with van der Waals surface area (Å²) >= 11 is 5.95. The molecule has 0 aromatic heterocycles. The largest absolute Gasteiger partial charge is 0.348 e. The molecule has 4 heteroatoms. The van der Waals surface area contributed by atoms with E-state index >= 15 is 0 Å². The monoisotopic (exact) mass is 280 g/mol. The molecule has 19 heavy (non-hydrogen) atoms. The van der Waals surface area contributed by atoms with E-state index in [1.165, 1.54) is 25.7 Å². The van der Waals surface area contributed by atoms with Crippen LogP contribution in [0.4, 0.5) is 0 Å². The molecule has 1 aliphatic rings. The van der Waals surface area contributed by atoms with E-state index in [2.05, 4.69) is 10.6 Å². The van der Waals surface area contributed by atoms with Gasteiger partial charge in [0.2, 0.25) is 5.91 Å². The first-order valence-corrected chi connectivity index (χ1v) is 7.31. The molecule has 0 aliphatic heterocycles. The number of nitrogens with one attached hydrogen (secondary N) is 2. The molecule has 3 nitrogen and oxygen atoms in total. The highest BCUT2D eigenvalue weighted by Crippen LogP contribution is 2.18. The van der Waals surface area contributed by atoms with Crippen molar-refractivity contribution < 1.29 is 4.79 Å². The van der Waals surface area contributed by atoms with Crippen LogP contribution in [0.3, 0.4) is 0 Å². The number of carbonyl (C=O) groups excluding carboxylic acids is 1. The molecule has 104 valence electrons. The second kappa shape index (κ2) is 6.92. The Hall–Kier alpha value is -1.06. The summed E-state index contributed by atoms with van der Waals surface area (Å²) in [5, 5.41) is 7.00. The second-order valence-electron chi connectivity index (χ2n) is 5.21. The van der Waals surface area contributed by atoms with Crippen LogP contribution in [0.25, 0.3) is 0 Å². The maximum absolute atomic E-state index is 11.9. The minimum Gasteiger partial charge on any atom is -0.348 e. The molecule has 0 bridgehead atoms. The number of rotatable bonds is 5. The molecular weight excluding hydrogens is 260 g/mol. The summed E-state index contributed by atoms with van der Waals surface area (Å²) in [5.41, 5.74) is 1.03. The van der Waals surface area contributed by atoms with Gasteiger partial charge < -0.3 is 10.6 Å². The number of carbonyl (C=O) groups is 1. The van der Waals surface area contributed by atoms with E-state index in [1.807, 2.05) is 31.2 Å². The van der Waals surface area contributed by atoms with Crippen LogP contribution in [0.2, 0.25) is 5.02 Å². The van der Waals surface area contributed by atoms with Crippen molar-refractivity contribution in [2.45, 2.75) is 44.7 Å². The lowest BCUT2D eigenvalue weighted by Gasteiger charge is -2.16. The molecule has 0 heterocycles. The number of amides is 1. The molecule has 0 saturated heterocycles. The SMILES string of the molecule is C[C@@H](NC(=O)CNC1CCCC1)c1cccc(Cl)c1. The second-order valence-corrected chi connectivity index (χ2v) is 5.64. The zero-order chi connectivity index (χ0) is 13.7. The van der Waals surface area contributed by atoms with Gasteiger partial charge in [-0.2, -0.15) is 0 Å². The topological polar surface area (TPSA) is 41.1 Å². The van der Waals surface area contributed by atoms with Crippen LogP contribution in [0.1, 0.15) is 44.2 Å².